The number of likely N-dealkylation sites (N-methyl/N-ethyl adjacent to an activating group) is 1. The van der Waals surface area contributed by atoms with Crippen LogP contribution in [-0.4, -0.2) is 49.6 Å². The van der Waals surface area contributed by atoms with Gasteiger partial charge in [0.25, 0.3) is 0 Å². The lowest BCUT2D eigenvalue weighted by Crippen LogP contribution is -2.49. The summed E-state index contributed by atoms with van der Waals surface area (Å²) in [6.45, 7) is 4.99. The molecule has 4 heteroatoms. The minimum absolute atomic E-state index is 0.128. The fourth-order valence-electron chi connectivity index (χ4n) is 4.43. The van der Waals surface area contributed by atoms with Crippen LogP contribution in [0.1, 0.15) is 32.6 Å². The molecular weight excluding hydrogens is 262 g/mol. The number of nitrogens with one attached hydrogen (secondary N) is 2. The molecule has 2 aliphatic carbocycles. The zero-order chi connectivity index (χ0) is 14.8. The van der Waals surface area contributed by atoms with E-state index in [4.69, 9.17) is 0 Å². The van der Waals surface area contributed by atoms with Crippen LogP contribution < -0.4 is 10.6 Å². The van der Waals surface area contributed by atoms with Crippen LogP contribution in [0.25, 0.3) is 0 Å². The van der Waals surface area contributed by atoms with Crippen LogP contribution in [0.15, 0.2) is 12.2 Å². The SMILES string of the molecule is CNC(=O)CN1CCC(NC(C)C2CC3C=CC2C3)CC1. The Bertz CT molecular complexity index is 401. The van der Waals surface area contributed by atoms with Gasteiger partial charge < -0.3 is 10.6 Å². The van der Waals surface area contributed by atoms with Crippen molar-refractivity contribution in [2.45, 2.75) is 44.7 Å². The van der Waals surface area contributed by atoms with E-state index in [1.165, 1.54) is 12.8 Å². The Kier molecular flexibility index (Phi) is 4.65. The largest absolute Gasteiger partial charge is 0.358 e. The zero-order valence-electron chi connectivity index (χ0n) is 13.3. The van der Waals surface area contributed by atoms with Gasteiger partial charge in [-0.1, -0.05) is 12.2 Å². The number of nitrogens with zero attached hydrogens (tertiary/aromatic N) is 1. The highest BCUT2D eigenvalue weighted by molar-refractivity contribution is 5.77. The molecule has 0 aromatic carbocycles. The minimum Gasteiger partial charge on any atom is -0.358 e. The van der Waals surface area contributed by atoms with Crippen LogP contribution in [0.2, 0.25) is 0 Å². The van der Waals surface area contributed by atoms with Crippen molar-refractivity contribution >= 4 is 5.91 Å². The molecule has 0 spiro atoms. The second-order valence-electron chi connectivity index (χ2n) is 7.12. The fraction of sp³-hybridized carbons (Fsp3) is 0.824. The molecule has 0 aromatic rings. The van der Waals surface area contributed by atoms with E-state index in [9.17, 15) is 4.79 Å². The van der Waals surface area contributed by atoms with E-state index in [2.05, 4.69) is 34.6 Å². The van der Waals surface area contributed by atoms with E-state index < -0.39 is 0 Å². The molecule has 1 saturated heterocycles. The van der Waals surface area contributed by atoms with Crippen molar-refractivity contribution in [1.29, 1.82) is 0 Å². The lowest BCUT2D eigenvalue weighted by Gasteiger charge is -2.36. The van der Waals surface area contributed by atoms with Crippen molar-refractivity contribution in [3.63, 3.8) is 0 Å². The van der Waals surface area contributed by atoms with Gasteiger partial charge >= 0.3 is 0 Å². The maximum Gasteiger partial charge on any atom is 0.233 e. The molecule has 2 N–H and O–H groups in total. The van der Waals surface area contributed by atoms with Crippen molar-refractivity contribution in [3.05, 3.63) is 12.2 Å². The molecule has 1 amide bonds. The average molecular weight is 291 g/mol. The van der Waals surface area contributed by atoms with Gasteiger partial charge in [-0.2, -0.15) is 0 Å². The standard InChI is InChI=1S/C17H29N3O/c1-12(16-10-13-3-4-14(16)9-13)19-15-5-7-20(8-6-15)11-17(21)18-2/h3-4,12-16,19H,5-11H2,1-2H3,(H,18,21). The molecule has 4 nitrogen and oxygen atoms in total. The lowest BCUT2D eigenvalue weighted by atomic mass is 9.86. The third kappa shape index (κ3) is 3.49. The maximum absolute atomic E-state index is 11.4. The first kappa shape index (κ1) is 15.0. The van der Waals surface area contributed by atoms with E-state index in [0.717, 1.165) is 43.7 Å². The van der Waals surface area contributed by atoms with E-state index >= 15 is 0 Å². The molecule has 0 aromatic heterocycles. The molecule has 3 rings (SSSR count). The Morgan fingerprint density at radius 1 is 1.29 bits per heavy atom. The second kappa shape index (κ2) is 6.49. The van der Waals surface area contributed by atoms with E-state index in [-0.39, 0.29) is 5.91 Å². The Balaban J connectivity index is 1.41. The third-order valence-corrected chi connectivity index (χ3v) is 5.70. The summed E-state index contributed by atoms with van der Waals surface area (Å²) in [5.41, 5.74) is 0. The molecule has 3 aliphatic rings. The first-order valence-corrected chi connectivity index (χ1v) is 8.53. The number of rotatable bonds is 5. The monoisotopic (exact) mass is 291 g/mol. The lowest BCUT2D eigenvalue weighted by molar-refractivity contribution is -0.122. The Hall–Kier alpha value is -0.870. The molecule has 2 bridgehead atoms. The summed E-state index contributed by atoms with van der Waals surface area (Å²) in [5.74, 6) is 2.65. The second-order valence-corrected chi connectivity index (χ2v) is 7.12. The van der Waals surface area contributed by atoms with Crippen molar-refractivity contribution in [2.75, 3.05) is 26.7 Å². The summed E-state index contributed by atoms with van der Waals surface area (Å²) >= 11 is 0. The van der Waals surface area contributed by atoms with Gasteiger partial charge in [0.1, 0.15) is 0 Å². The normalized spacial score (nSPS) is 34.3. The smallest absolute Gasteiger partial charge is 0.233 e. The van der Waals surface area contributed by atoms with Crippen molar-refractivity contribution in [3.8, 4) is 0 Å². The molecule has 1 heterocycles. The summed E-state index contributed by atoms with van der Waals surface area (Å²) in [5, 5.41) is 6.58. The summed E-state index contributed by atoms with van der Waals surface area (Å²) in [6.07, 6.45) is 9.97. The van der Waals surface area contributed by atoms with Gasteiger partial charge in [0.05, 0.1) is 6.54 Å². The number of fused-ring (bicyclic) bond motifs is 2. The first-order chi connectivity index (χ1) is 10.2. The van der Waals surface area contributed by atoms with Gasteiger partial charge in [-0.05, 0) is 50.4 Å². The first-order valence-electron chi connectivity index (χ1n) is 8.53. The van der Waals surface area contributed by atoms with Gasteiger partial charge in [0, 0.05) is 32.2 Å². The van der Waals surface area contributed by atoms with Crippen molar-refractivity contribution in [2.24, 2.45) is 17.8 Å². The Morgan fingerprint density at radius 2 is 2.05 bits per heavy atom. The molecule has 4 atom stereocenters. The summed E-state index contributed by atoms with van der Waals surface area (Å²) in [6, 6.07) is 1.25. The molecule has 118 valence electrons. The predicted molar refractivity (Wildman–Crippen MR) is 85.0 cm³/mol. The summed E-state index contributed by atoms with van der Waals surface area (Å²) in [7, 11) is 1.71. The molecule has 4 unspecified atom stereocenters. The number of likely N-dealkylation sites (tertiary alicyclic amines) is 1. The summed E-state index contributed by atoms with van der Waals surface area (Å²) < 4.78 is 0. The van der Waals surface area contributed by atoms with Crippen LogP contribution >= 0.6 is 0 Å². The van der Waals surface area contributed by atoms with E-state index in [1.807, 2.05) is 0 Å². The number of allylic oxidation sites excluding steroid dienone is 2. The molecule has 2 fully saturated rings. The zero-order valence-corrected chi connectivity index (χ0v) is 13.3. The summed E-state index contributed by atoms with van der Waals surface area (Å²) in [4.78, 5) is 13.7. The van der Waals surface area contributed by atoms with Crippen LogP contribution in [0.4, 0.5) is 0 Å². The highest BCUT2D eigenvalue weighted by Crippen LogP contribution is 2.44. The highest BCUT2D eigenvalue weighted by atomic mass is 16.1. The maximum atomic E-state index is 11.4. The molecule has 1 saturated carbocycles. The minimum atomic E-state index is 0.128. The molecule has 0 radical (unpaired) electrons. The molecular formula is C17H29N3O. The number of hydrogen-bond acceptors (Lipinski definition) is 3. The number of carbonyl (C=O) groups excluding carboxylic acids is 1. The molecule has 1 aliphatic heterocycles. The number of hydrogen-bond donors (Lipinski definition) is 2. The van der Waals surface area contributed by atoms with Gasteiger partial charge in [-0.25, -0.2) is 0 Å². The van der Waals surface area contributed by atoms with Gasteiger partial charge in [0.2, 0.25) is 5.91 Å². The average Bonchev–Trinajstić information content (AvgIpc) is 3.12. The predicted octanol–water partition coefficient (Wildman–Crippen LogP) is 1.39. The van der Waals surface area contributed by atoms with Gasteiger partial charge in [-0.15, -0.1) is 0 Å². The van der Waals surface area contributed by atoms with Crippen LogP contribution in [-0.2, 0) is 4.79 Å². The van der Waals surface area contributed by atoms with Crippen molar-refractivity contribution in [1.82, 2.24) is 15.5 Å². The highest BCUT2D eigenvalue weighted by Gasteiger charge is 2.39. The van der Waals surface area contributed by atoms with Crippen LogP contribution in [0.3, 0.4) is 0 Å². The van der Waals surface area contributed by atoms with E-state index in [1.54, 1.807) is 7.05 Å². The fourth-order valence-corrected chi connectivity index (χ4v) is 4.43. The van der Waals surface area contributed by atoms with Crippen LogP contribution in [0, 0.1) is 17.8 Å². The number of amides is 1. The van der Waals surface area contributed by atoms with Gasteiger partial charge in [-0.3, -0.25) is 9.69 Å². The molecule has 21 heavy (non-hydrogen) atoms. The number of carbonyl (C=O) groups is 1. The Labute approximate surface area is 128 Å². The number of piperidine rings is 1. The Morgan fingerprint density at radius 3 is 2.62 bits per heavy atom. The van der Waals surface area contributed by atoms with E-state index in [0.29, 0.717) is 18.6 Å². The van der Waals surface area contributed by atoms with Gasteiger partial charge in [0.15, 0.2) is 0 Å². The topological polar surface area (TPSA) is 44.4 Å². The van der Waals surface area contributed by atoms with Crippen LogP contribution in [0.5, 0.6) is 0 Å². The quantitative estimate of drug-likeness (QED) is 0.752. The van der Waals surface area contributed by atoms with Crippen molar-refractivity contribution < 1.29 is 4.79 Å². The third-order valence-electron chi connectivity index (χ3n) is 5.70.